The monoisotopic (exact) mass is 501 g/mol. The number of piperazine rings is 1. The van der Waals surface area contributed by atoms with E-state index in [4.69, 9.17) is 20.6 Å². The maximum absolute atomic E-state index is 10.9. The van der Waals surface area contributed by atoms with E-state index >= 15 is 0 Å². The van der Waals surface area contributed by atoms with Gasteiger partial charge in [-0.1, -0.05) is 0 Å². The third-order valence-electron chi connectivity index (χ3n) is 6.59. The van der Waals surface area contributed by atoms with Gasteiger partial charge in [0.1, 0.15) is 11.4 Å². The first-order valence-electron chi connectivity index (χ1n) is 12.1. The van der Waals surface area contributed by atoms with Gasteiger partial charge in [-0.3, -0.25) is 9.69 Å². The van der Waals surface area contributed by atoms with Gasteiger partial charge in [0.15, 0.2) is 18.0 Å². The molecule has 1 aliphatic heterocycles. The van der Waals surface area contributed by atoms with E-state index in [2.05, 4.69) is 25.0 Å². The molecule has 0 atom stereocenters. The minimum absolute atomic E-state index is 0.120. The molecule has 12 heteroatoms. The Balaban J connectivity index is 1.09. The van der Waals surface area contributed by atoms with E-state index in [0.29, 0.717) is 29.7 Å². The molecular formula is C25H27N9O3. The normalized spacial score (nSPS) is 14.5. The minimum Gasteiger partial charge on any atom is -0.484 e. The maximum atomic E-state index is 10.9. The van der Waals surface area contributed by atoms with Crippen LogP contribution in [0.15, 0.2) is 59.3 Å². The lowest BCUT2D eigenvalue weighted by Gasteiger charge is -2.36. The predicted octanol–water partition coefficient (Wildman–Crippen LogP) is 1.61. The molecule has 5 heterocycles. The molecule has 12 nitrogen and oxygen atoms in total. The van der Waals surface area contributed by atoms with Gasteiger partial charge in [-0.05, 0) is 42.5 Å². The number of hydrogen-bond donors (Lipinski definition) is 2. The van der Waals surface area contributed by atoms with Crippen molar-refractivity contribution in [1.82, 2.24) is 29.3 Å². The Morgan fingerprint density at radius 3 is 2.62 bits per heavy atom. The summed E-state index contributed by atoms with van der Waals surface area (Å²) in [6.45, 7) is 5.15. The number of primary amides is 1. The summed E-state index contributed by atoms with van der Waals surface area (Å²) in [5, 5.41) is 10.0. The van der Waals surface area contributed by atoms with Crippen molar-refractivity contribution in [2.45, 2.75) is 6.54 Å². The van der Waals surface area contributed by atoms with Crippen LogP contribution in [0.3, 0.4) is 0 Å². The summed E-state index contributed by atoms with van der Waals surface area (Å²) in [5.74, 6) is 1.13. The van der Waals surface area contributed by atoms with Gasteiger partial charge in [0, 0.05) is 38.4 Å². The fraction of sp³-hybridized carbons (Fsp3) is 0.280. The zero-order chi connectivity index (χ0) is 25.4. The number of amides is 1. The van der Waals surface area contributed by atoms with Gasteiger partial charge in [0.25, 0.3) is 5.91 Å². The summed E-state index contributed by atoms with van der Waals surface area (Å²) in [6, 6.07) is 13.4. The number of ether oxygens (including phenoxy) is 1. The highest BCUT2D eigenvalue weighted by Crippen LogP contribution is 2.26. The molecule has 5 aromatic rings. The quantitative estimate of drug-likeness (QED) is 0.324. The Labute approximate surface area is 212 Å². The summed E-state index contributed by atoms with van der Waals surface area (Å²) >= 11 is 0. The van der Waals surface area contributed by atoms with E-state index in [-0.39, 0.29) is 6.61 Å². The van der Waals surface area contributed by atoms with Crippen LogP contribution in [0.2, 0.25) is 0 Å². The van der Waals surface area contributed by atoms with Crippen LogP contribution in [0.1, 0.15) is 0 Å². The molecule has 4 N–H and O–H groups in total. The SMILES string of the molecule is NC(=O)COc1ccc(N2CCN(CCn3ncc4c3nc(N)n3nc(-c5ccco5)cc43)CC2)cc1. The second-order valence-electron chi connectivity index (χ2n) is 8.96. The average molecular weight is 502 g/mol. The number of fused-ring (bicyclic) bond motifs is 3. The Bertz CT molecular complexity index is 1530. The molecule has 4 aromatic heterocycles. The van der Waals surface area contributed by atoms with Crippen LogP contribution in [0, 0.1) is 0 Å². The molecule has 6 rings (SSSR count). The zero-order valence-corrected chi connectivity index (χ0v) is 20.2. The van der Waals surface area contributed by atoms with Crippen LogP contribution in [-0.4, -0.2) is 74.5 Å². The molecule has 1 amide bonds. The number of anilines is 2. The molecule has 190 valence electrons. The van der Waals surface area contributed by atoms with Crippen molar-refractivity contribution in [3.05, 3.63) is 54.9 Å². The van der Waals surface area contributed by atoms with Gasteiger partial charge in [0.05, 0.1) is 29.9 Å². The van der Waals surface area contributed by atoms with Crippen LogP contribution in [0.4, 0.5) is 11.6 Å². The first-order valence-corrected chi connectivity index (χ1v) is 12.1. The summed E-state index contributed by atoms with van der Waals surface area (Å²) in [7, 11) is 0. The second-order valence-corrected chi connectivity index (χ2v) is 8.96. The molecule has 0 bridgehead atoms. The molecule has 1 fully saturated rings. The van der Waals surface area contributed by atoms with Crippen LogP contribution < -0.4 is 21.1 Å². The Kier molecular flexibility index (Phi) is 5.85. The first kappa shape index (κ1) is 22.9. The summed E-state index contributed by atoms with van der Waals surface area (Å²) < 4.78 is 14.4. The van der Waals surface area contributed by atoms with Crippen molar-refractivity contribution in [1.29, 1.82) is 0 Å². The van der Waals surface area contributed by atoms with Gasteiger partial charge in [-0.25, -0.2) is 4.68 Å². The largest absolute Gasteiger partial charge is 0.484 e. The molecule has 0 radical (unpaired) electrons. The molecule has 1 saturated heterocycles. The van der Waals surface area contributed by atoms with Crippen molar-refractivity contribution < 1.29 is 13.9 Å². The third-order valence-corrected chi connectivity index (χ3v) is 6.59. The average Bonchev–Trinajstić information content (AvgIpc) is 3.67. The lowest BCUT2D eigenvalue weighted by Crippen LogP contribution is -2.47. The van der Waals surface area contributed by atoms with Crippen LogP contribution >= 0.6 is 0 Å². The summed E-state index contributed by atoms with van der Waals surface area (Å²) in [6.07, 6.45) is 3.44. The third kappa shape index (κ3) is 4.54. The van der Waals surface area contributed by atoms with E-state index in [1.54, 1.807) is 10.8 Å². The van der Waals surface area contributed by atoms with E-state index in [9.17, 15) is 4.79 Å². The van der Waals surface area contributed by atoms with Gasteiger partial charge < -0.3 is 25.5 Å². The van der Waals surface area contributed by atoms with Crippen LogP contribution in [0.5, 0.6) is 5.75 Å². The number of nitrogen functional groups attached to an aromatic ring is 1. The van der Waals surface area contributed by atoms with E-state index in [0.717, 1.165) is 55.0 Å². The molecule has 0 aliphatic carbocycles. The number of carbonyl (C=O) groups is 1. The summed E-state index contributed by atoms with van der Waals surface area (Å²) in [4.78, 5) is 20.2. The highest BCUT2D eigenvalue weighted by atomic mass is 16.5. The Morgan fingerprint density at radius 2 is 1.89 bits per heavy atom. The fourth-order valence-corrected chi connectivity index (χ4v) is 4.66. The van der Waals surface area contributed by atoms with Crippen molar-refractivity contribution >= 4 is 34.1 Å². The highest BCUT2D eigenvalue weighted by Gasteiger charge is 2.19. The molecule has 0 saturated carbocycles. The number of rotatable bonds is 8. The van der Waals surface area contributed by atoms with Crippen LogP contribution in [-0.2, 0) is 11.3 Å². The number of hydrogen-bond acceptors (Lipinski definition) is 9. The van der Waals surface area contributed by atoms with Gasteiger partial charge >= 0.3 is 0 Å². The van der Waals surface area contributed by atoms with Crippen molar-refractivity contribution in [3.8, 4) is 17.2 Å². The molecule has 37 heavy (non-hydrogen) atoms. The highest BCUT2D eigenvalue weighted by molar-refractivity contribution is 5.93. The summed E-state index contributed by atoms with van der Waals surface area (Å²) in [5.41, 5.74) is 14.8. The number of nitrogens with two attached hydrogens (primary N) is 2. The molecule has 0 unspecified atom stereocenters. The van der Waals surface area contributed by atoms with Crippen molar-refractivity contribution in [2.24, 2.45) is 5.73 Å². The van der Waals surface area contributed by atoms with Gasteiger partial charge in [-0.15, -0.1) is 0 Å². The van der Waals surface area contributed by atoms with E-state index in [1.807, 2.05) is 53.3 Å². The zero-order valence-electron chi connectivity index (χ0n) is 20.2. The Morgan fingerprint density at radius 1 is 1.08 bits per heavy atom. The van der Waals surface area contributed by atoms with Crippen molar-refractivity contribution in [2.75, 3.05) is 50.0 Å². The number of aromatic nitrogens is 5. The first-order chi connectivity index (χ1) is 18.0. The van der Waals surface area contributed by atoms with Crippen molar-refractivity contribution in [3.63, 3.8) is 0 Å². The van der Waals surface area contributed by atoms with Crippen LogP contribution in [0.25, 0.3) is 28.0 Å². The Hall–Kier alpha value is -4.58. The fourth-order valence-electron chi connectivity index (χ4n) is 4.66. The molecule has 1 aliphatic rings. The lowest BCUT2D eigenvalue weighted by atomic mass is 10.2. The minimum atomic E-state index is -0.489. The van der Waals surface area contributed by atoms with Gasteiger partial charge in [0.2, 0.25) is 5.95 Å². The maximum Gasteiger partial charge on any atom is 0.255 e. The molecule has 1 aromatic carbocycles. The predicted molar refractivity (Wildman–Crippen MR) is 138 cm³/mol. The number of carbonyl (C=O) groups excluding carboxylic acids is 1. The van der Waals surface area contributed by atoms with E-state index in [1.165, 1.54) is 0 Å². The second kappa shape index (κ2) is 9.47. The number of nitrogens with zero attached hydrogens (tertiary/aromatic N) is 7. The standard InChI is InChI=1S/C25H27N9O3/c26-23(35)16-37-18-5-3-17(4-6-18)32-10-7-31(8-11-32)9-12-33-24-19(15-28-33)21-14-20(22-2-1-13-36-22)30-34(21)25(27)29-24/h1-6,13-15H,7-12,16H2,(H2,26,35)(H2,27,29). The molecular weight excluding hydrogens is 474 g/mol. The van der Waals surface area contributed by atoms with Gasteiger partial charge in [-0.2, -0.15) is 19.7 Å². The lowest BCUT2D eigenvalue weighted by molar-refractivity contribution is -0.119. The smallest absolute Gasteiger partial charge is 0.255 e. The van der Waals surface area contributed by atoms with E-state index < -0.39 is 5.91 Å². The number of benzene rings is 1. The molecule has 0 spiro atoms. The number of furan rings is 1. The topological polar surface area (TPSA) is 146 Å².